The number of benzene rings is 2. The van der Waals surface area contributed by atoms with E-state index in [-0.39, 0.29) is 9.88 Å². The van der Waals surface area contributed by atoms with E-state index in [1.807, 2.05) is 6.92 Å². The van der Waals surface area contributed by atoms with E-state index in [1.54, 1.807) is 49.6 Å². The number of hydrogen-bond donors (Lipinski definition) is 1. The Balaban J connectivity index is 1.83. The van der Waals surface area contributed by atoms with E-state index in [2.05, 4.69) is 5.43 Å². The number of carbonyl (C=O) groups excluding carboxylic acids is 2. The molecule has 1 heterocycles. The zero-order chi connectivity index (χ0) is 21.1. The highest BCUT2D eigenvalue weighted by Gasteiger charge is 2.34. The molecule has 1 aliphatic heterocycles. The quantitative estimate of drug-likeness (QED) is 0.546. The molecule has 2 aromatic carbocycles. The highest BCUT2D eigenvalue weighted by molar-refractivity contribution is 8.26. The predicted octanol–water partition coefficient (Wildman–Crippen LogP) is 4.21. The van der Waals surface area contributed by atoms with Gasteiger partial charge < -0.3 is 9.47 Å². The maximum absolute atomic E-state index is 12.8. The number of hydrogen-bond acceptors (Lipinski definition) is 6. The van der Waals surface area contributed by atoms with E-state index in [0.717, 1.165) is 22.3 Å². The fourth-order valence-electron chi connectivity index (χ4n) is 2.61. The van der Waals surface area contributed by atoms with Crippen molar-refractivity contribution in [3.63, 3.8) is 0 Å². The van der Waals surface area contributed by atoms with Gasteiger partial charge in [0.25, 0.3) is 11.8 Å². The van der Waals surface area contributed by atoms with Gasteiger partial charge in [0.05, 0.1) is 29.7 Å². The topological polar surface area (TPSA) is 67.9 Å². The van der Waals surface area contributed by atoms with Gasteiger partial charge >= 0.3 is 0 Å². The minimum atomic E-state index is -0.519. The Morgan fingerprint density at radius 1 is 1.21 bits per heavy atom. The molecule has 0 radical (unpaired) electrons. The highest BCUT2D eigenvalue weighted by Crippen LogP contribution is 2.34. The molecule has 0 atom stereocenters. The number of halogens is 1. The van der Waals surface area contributed by atoms with Gasteiger partial charge in [0, 0.05) is 11.6 Å². The molecule has 1 aliphatic rings. The summed E-state index contributed by atoms with van der Waals surface area (Å²) in [5, 5.41) is 1.34. The molecule has 0 unspecified atom stereocenters. The SMILES string of the molecule is COc1ccc(/C=C2/SC(=S)N(NC(=O)c3ccc(C)cc3Cl)C2=O)c(OC)c1. The first-order chi connectivity index (χ1) is 13.8. The summed E-state index contributed by atoms with van der Waals surface area (Å²) in [5.41, 5.74) is 4.39. The molecule has 1 saturated heterocycles. The van der Waals surface area contributed by atoms with Gasteiger partial charge in [0.15, 0.2) is 4.32 Å². The van der Waals surface area contributed by atoms with Crippen LogP contribution >= 0.6 is 35.6 Å². The number of nitrogens with zero attached hydrogens (tertiary/aromatic N) is 1. The number of thioether (sulfide) groups is 1. The zero-order valence-corrected chi connectivity index (χ0v) is 18.2. The smallest absolute Gasteiger partial charge is 0.285 e. The number of amides is 2. The number of methoxy groups -OCH3 is 2. The number of nitrogens with one attached hydrogen (secondary N) is 1. The van der Waals surface area contributed by atoms with Crippen LogP contribution in [0.1, 0.15) is 21.5 Å². The van der Waals surface area contributed by atoms with Crippen molar-refractivity contribution < 1.29 is 19.1 Å². The fourth-order valence-corrected chi connectivity index (χ4v) is 4.10. The normalized spacial score (nSPS) is 15.0. The highest BCUT2D eigenvalue weighted by atomic mass is 35.5. The summed E-state index contributed by atoms with van der Waals surface area (Å²) < 4.78 is 10.7. The Bertz CT molecular complexity index is 1040. The third-order valence-electron chi connectivity index (χ3n) is 4.10. The van der Waals surface area contributed by atoms with E-state index >= 15 is 0 Å². The van der Waals surface area contributed by atoms with Crippen LogP contribution in [0.2, 0.25) is 5.02 Å². The second-order valence-corrected chi connectivity index (χ2v) is 8.13. The second-order valence-electron chi connectivity index (χ2n) is 6.05. The van der Waals surface area contributed by atoms with E-state index < -0.39 is 11.8 Å². The molecular formula is C20H17ClN2O4S2. The van der Waals surface area contributed by atoms with Crippen LogP contribution in [0.25, 0.3) is 6.08 Å². The number of carbonyl (C=O) groups is 2. The van der Waals surface area contributed by atoms with Crippen LogP contribution in [0.3, 0.4) is 0 Å². The van der Waals surface area contributed by atoms with Gasteiger partial charge in [-0.2, -0.15) is 5.01 Å². The van der Waals surface area contributed by atoms with Crippen molar-refractivity contribution in [1.29, 1.82) is 0 Å². The van der Waals surface area contributed by atoms with Crippen molar-refractivity contribution in [2.45, 2.75) is 6.92 Å². The molecule has 1 fully saturated rings. The number of thiocarbonyl (C=S) groups is 1. The molecular weight excluding hydrogens is 432 g/mol. The van der Waals surface area contributed by atoms with Crippen molar-refractivity contribution in [2.24, 2.45) is 0 Å². The summed E-state index contributed by atoms with van der Waals surface area (Å²) in [6.07, 6.45) is 1.66. The maximum Gasteiger partial charge on any atom is 0.285 e. The van der Waals surface area contributed by atoms with Crippen molar-refractivity contribution in [3.8, 4) is 11.5 Å². The first-order valence-electron chi connectivity index (χ1n) is 8.41. The van der Waals surface area contributed by atoms with Crippen molar-refractivity contribution in [3.05, 3.63) is 63.0 Å². The number of rotatable bonds is 5. The molecule has 9 heteroatoms. The molecule has 0 spiro atoms. The fraction of sp³-hybridized carbons (Fsp3) is 0.150. The minimum Gasteiger partial charge on any atom is -0.497 e. The van der Waals surface area contributed by atoms with Gasteiger partial charge in [-0.25, -0.2) is 0 Å². The van der Waals surface area contributed by atoms with Crippen molar-refractivity contribution in [1.82, 2.24) is 10.4 Å². The molecule has 3 rings (SSSR count). The Morgan fingerprint density at radius 2 is 1.97 bits per heavy atom. The molecule has 150 valence electrons. The van der Waals surface area contributed by atoms with Gasteiger partial charge in [-0.15, -0.1) is 0 Å². The minimum absolute atomic E-state index is 0.213. The molecule has 29 heavy (non-hydrogen) atoms. The molecule has 0 saturated carbocycles. The summed E-state index contributed by atoms with van der Waals surface area (Å²) in [4.78, 5) is 25.7. The van der Waals surface area contributed by atoms with Crippen molar-refractivity contribution >= 4 is 57.8 Å². The van der Waals surface area contributed by atoms with Gasteiger partial charge in [-0.05, 0) is 55.0 Å². The van der Waals surface area contributed by atoms with Crippen LogP contribution in [-0.4, -0.2) is 35.4 Å². The van der Waals surface area contributed by atoms with Crippen LogP contribution in [0, 0.1) is 6.92 Å². The molecule has 0 aromatic heterocycles. The molecule has 2 aromatic rings. The van der Waals surface area contributed by atoms with E-state index in [4.69, 9.17) is 33.3 Å². The van der Waals surface area contributed by atoms with Crippen LogP contribution in [0.4, 0.5) is 0 Å². The Morgan fingerprint density at radius 3 is 2.62 bits per heavy atom. The summed E-state index contributed by atoms with van der Waals surface area (Å²) >= 11 is 12.5. The molecule has 2 amide bonds. The zero-order valence-electron chi connectivity index (χ0n) is 15.8. The molecule has 1 N–H and O–H groups in total. The number of aryl methyl sites for hydroxylation is 1. The van der Waals surface area contributed by atoms with E-state index in [9.17, 15) is 9.59 Å². The maximum atomic E-state index is 12.8. The average Bonchev–Trinajstić information content (AvgIpc) is 2.95. The molecule has 0 aliphatic carbocycles. The second kappa shape index (κ2) is 8.86. The summed E-state index contributed by atoms with van der Waals surface area (Å²) in [6, 6.07) is 10.3. The van der Waals surface area contributed by atoms with Crippen LogP contribution in [-0.2, 0) is 4.79 Å². The number of hydrazine groups is 1. The average molecular weight is 449 g/mol. The summed E-state index contributed by atoms with van der Waals surface area (Å²) in [5.74, 6) is 0.225. The first-order valence-corrected chi connectivity index (χ1v) is 10.0. The largest absolute Gasteiger partial charge is 0.497 e. The van der Waals surface area contributed by atoms with Gasteiger partial charge in [-0.1, -0.05) is 29.4 Å². The Hall–Kier alpha value is -2.55. The summed E-state index contributed by atoms with van der Waals surface area (Å²) in [6.45, 7) is 1.87. The lowest BCUT2D eigenvalue weighted by molar-refractivity contribution is -0.123. The molecule has 6 nitrogen and oxygen atoms in total. The lowest BCUT2D eigenvalue weighted by Crippen LogP contribution is -2.44. The van der Waals surface area contributed by atoms with E-state index in [0.29, 0.717) is 27.0 Å². The molecule has 0 bridgehead atoms. The van der Waals surface area contributed by atoms with Crippen LogP contribution in [0.5, 0.6) is 11.5 Å². The van der Waals surface area contributed by atoms with Crippen LogP contribution in [0.15, 0.2) is 41.3 Å². The third-order valence-corrected chi connectivity index (χ3v) is 5.72. The number of ether oxygens (including phenoxy) is 2. The first kappa shape index (κ1) is 21.2. The van der Waals surface area contributed by atoms with Crippen LogP contribution < -0.4 is 14.9 Å². The summed E-state index contributed by atoms with van der Waals surface area (Å²) in [7, 11) is 3.09. The van der Waals surface area contributed by atoms with E-state index in [1.165, 1.54) is 7.11 Å². The van der Waals surface area contributed by atoms with Gasteiger partial charge in [0.2, 0.25) is 0 Å². The predicted molar refractivity (Wildman–Crippen MR) is 118 cm³/mol. The van der Waals surface area contributed by atoms with Crippen molar-refractivity contribution in [2.75, 3.05) is 14.2 Å². The van der Waals surface area contributed by atoms with Gasteiger partial charge in [-0.3, -0.25) is 15.0 Å². The lowest BCUT2D eigenvalue weighted by Gasteiger charge is -2.16. The Kier molecular flexibility index (Phi) is 6.46. The Labute approximate surface area is 182 Å². The standard InChI is InChI=1S/C20H17ClN2O4S2/c1-11-4-7-14(15(21)8-11)18(24)22-23-19(25)17(29-20(23)28)9-12-5-6-13(26-2)10-16(12)27-3/h4-10H,1-3H3,(H,22,24)/b17-9+. The lowest BCUT2D eigenvalue weighted by atomic mass is 10.1. The van der Waals surface area contributed by atoms with Gasteiger partial charge in [0.1, 0.15) is 11.5 Å². The third kappa shape index (κ3) is 4.55. The monoisotopic (exact) mass is 448 g/mol.